The molecule has 4 aliphatic rings. The van der Waals surface area contributed by atoms with Crippen LogP contribution in [0.4, 0.5) is 0 Å². The lowest BCUT2D eigenvalue weighted by Gasteiger charge is -1.96. The minimum absolute atomic E-state index is 0.792. The van der Waals surface area contributed by atoms with Gasteiger partial charge in [-0.3, -0.25) is 4.90 Å². The van der Waals surface area contributed by atoms with Gasteiger partial charge in [-0.25, -0.2) is 0 Å². The highest BCUT2D eigenvalue weighted by molar-refractivity contribution is 4.86. The molecule has 144 valence electrons. The summed E-state index contributed by atoms with van der Waals surface area (Å²) in [5.74, 6) is 2.17. The zero-order valence-electron chi connectivity index (χ0n) is 18.1. The molecular formula is C22H46N2. The summed E-state index contributed by atoms with van der Waals surface area (Å²) in [6, 6.07) is 1.83. The number of hydrogen-bond donors (Lipinski definition) is 0. The summed E-state index contributed by atoms with van der Waals surface area (Å²) in [7, 11) is 2.16. The fourth-order valence-corrected chi connectivity index (χ4v) is 2.99. The summed E-state index contributed by atoms with van der Waals surface area (Å²) in [5, 5.41) is 0. The zero-order chi connectivity index (χ0) is 18.3. The summed E-state index contributed by atoms with van der Waals surface area (Å²) in [6.45, 7) is 19.8. The standard InChI is InChI=1S/2C6H12.2C5H11N/c1-3-6(2)4-5-6;1-3-6-4-5(6)2;1-3-5-4-6(5)2;1-3-6-4-5(6)2/h3-5H2,1-2H3;5-6H,3-4H2,1-2H3;2*5H,3-4H2,1-2H3. The van der Waals surface area contributed by atoms with Crippen LogP contribution in [-0.2, 0) is 0 Å². The zero-order valence-corrected chi connectivity index (χ0v) is 18.1. The van der Waals surface area contributed by atoms with Gasteiger partial charge in [-0.05, 0) is 63.5 Å². The highest BCUT2D eigenvalue weighted by atomic mass is 15.3. The molecule has 2 heteroatoms. The van der Waals surface area contributed by atoms with E-state index in [2.05, 4.69) is 65.3 Å². The predicted molar refractivity (Wildman–Crippen MR) is 109 cm³/mol. The number of hydrogen-bond acceptors (Lipinski definition) is 2. The maximum absolute atomic E-state index is 2.42. The Balaban J connectivity index is 0.000000160. The second-order valence-corrected chi connectivity index (χ2v) is 8.98. The van der Waals surface area contributed by atoms with Crippen molar-refractivity contribution in [1.29, 1.82) is 0 Å². The average Bonchev–Trinajstić information content (AvgIpc) is 3.38. The molecule has 2 saturated carbocycles. The van der Waals surface area contributed by atoms with E-state index in [0.717, 1.165) is 29.3 Å². The summed E-state index contributed by atoms with van der Waals surface area (Å²) < 4.78 is 0. The van der Waals surface area contributed by atoms with Gasteiger partial charge < -0.3 is 4.90 Å². The largest absolute Gasteiger partial charge is 0.301 e. The molecule has 0 aromatic carbocycles. The second-order valence-electron chi connectivity index (χ2n) is 8.98. The fourth-order valence-electron chi connectivity index (χ4n) is 2.99. The average molecular weight is 339 g/mol. The van der Waals surface area contributed by atoms with E-state index in [9.17, 15) is 0 Å². The number of likely N-dealkylation sites (N-methyl/N-ethyl adjacent to an activating group) is 2. The van der Waals surface area contributed by atoms with Crippen LogP contribution in [0.3, 0.4) is 0 Å². The minimum atomic E-state index is 0.792. The van der Waals surface area contributed by atoms with E-state index < -0.39 is 0 Å². The molecule has 2 nitrogen and oxygen atoms in total. The molecule has 24 heavy (non-hydrogen) atoms. The van der Waals surface area contributed by atoms with Gasteiger partial charge in [-0.15, -0.1) is 0 Å². The fraction of sp³-hybridized carbons (Fsp3) is 1.00. The maximum Gasteiger partial charge on any atom is 0.0218 e. The van der Waals surface area contributed by atoms with E-state index >= 15 is 0 Å². The van der Waals surface area contributed by atoms with Crippen molar-refractivity contribution in [2.45, 2.75) is 99.1 Å². The lowest BCUT2D eigenvalue weighted by Crippen LogP contribution is -1.95. The molecule has 2 aliphatic carbocycles. The molecule has 4 fully saturated rings. The molecule has 0 aromatic rings. The van der Waals surface area contributed by atoms with Crippen LogP contribution in [0.5, 0.6) is 0 Å². The van der Waals surface area contributed by atoms with Gasteiger partial charge in [-0.2, -0.15) is 0 Å². The van der Waals surface area contributed by atoms with Crippen molar-refractivity contribution < 1.29 is 0 Å². The molecule has 2 heterocycles. The lowest BCUT2D eigenvalue weighted by atomic mass is 10.1. The van der Waals surface area contributed by atoms with Crippen LogP contribution >= 0.6 is 0 Å². The van der Waals surface area contributed by atoms with Crippen molar-refractivity contribution >= 4 is 0 Å². The maximum atomic E-state index is 2.42. The van der Waals surface area contributed by atoms with Gasteiger partial charge in [0.15, 0.2) is 0 Å². The van der Waals surface area contributed by atoms with Crippen molar-refractivity contribution in [3.8, 4) is 0 Å². The van der Waals surface area contributed by atoms with E-state index in [1.807, 2.05) is 0 Å². The van der Waals surface area contributed by atoms with E-state index in [4.69, 9.17) is 0 Å². The summed E-state index contributed by atoms with van der Waals surface area (Å²) in [5.41, 5.74) is 0.792. The predicted octanol–water partition coefficient (Wildman–Crippen LogP) is 5.67. The molecular weight excluding hydrogens is 292 g/mol. The molecule has 0 aromatic heterocycles. The normalized spacial score (nSPS) is 39.0. The van der Waals surface area contributed by atoms with Crippen molar-refractivity contribution in [3.05, 3.63) is 0 Å². The summed E-state index contributed by atoms with van der Waals surface area (Å²) in [4.78, 5) is 4.76. The number of nitrogens with zero attached hydrogens (tertiary/aromatic N) is 2. The number of rotatable bonds is 4. The Bertz CT molecular complexity index is 293. The quantitative estimate of drug-likeness (QED) is 0.609. The van der Waals surface area contributed by atoms with Gasteiger partial charge in [0.2, 0.25) is 0 Å². The summed E-state index contributed by atoms with van der Waals surface area (Å²) >= 11 is 0. The Morgan fingerprint density at radius 1 is 0.958 bits per heavy atom. The highest BCUT2D eigenvalue weighted by Gasteiger charge is 2.34. The third-order valence-electron chi connectivity index (χ3n) is 6.61. The first-order valence-corrected chi connectivity index (χ1v) is 10.7. The monoisotopic (exact) mass is 338 g/mol. The molecule has 4 rings (SSSR count). The van der Waals surface area contributed by atoms with E-state index in [1.54, 1.807) is 0 Å². The van der Waals surface area contributed by atoms with Gasteiger partial charge >= 0.3 is 0 Å². The topological polar surface area (TPSA) is 6.02 Å². The van der Waals surface area contributed by atoms with Crippen LogP contribution in [0, 0.1) is 17.3 Å². The van der Waals surface area contributed by atoms with E-state index in [0.29, 0.717) is 0 Å². The molecule has 0 amide bonds. The Morgan fingerprint density at radius 3 is 1.46 bits per heavy atom. The van der Waals surface area contributed by atoms with Crippen LogP contribution in [0.15, 0.2) is 0 Å². The third-order valence-corrected chi connectivity index (χ3v) is 6.61. The molecule has 2 saturated heterocycles. The summed E-state index contributed by atoms with van der Waals surface area (Å²) in [6.07, 6.45) is 8.56. The molecule has 2 aliphatic heterocycles. The van der Waals surface area contributed by atoms with Crippen molar-refractivity contribution in [3.63, 3.8) is 0 Å². The molecule has 6 unspecified atom stereocenters. The van der Waals surface area contributed by atoms with E-state index in [1.165, 1.54) is 58.2 Å². The highest BCUT2D eigenvalue weighted by Crippen LogP contribution is 2.47. The van der Waals surface area contributed by atoms with Crippen LogP contribution in [0.2, 0.25) is 0 Å². The van der Waals surface area contributed by atoms with E-state index in [-0.39, 0.29) is 0 Å². The van der Waals surface area contributed by atoms with Crippen molar-refractivity contribution in [2.24, 2.45) is 17.3 Å². The van der Waals surface area contributed by atoms with Crippen molar-refractivity contribution in [1.82, 2.24) is 9.80 Å². The van der Waals surface area contributed by atoms with Crippen LogP contribution in [0.25, 0.3) is 0 Å². The first-order chi connectivity index (χ1) is 11.3. The van der Waals surface area contributed by atoms with Gasteiger partial charge in [0.05, 0.1) is 0 Å². The van der Waals surface area contributed by atoms with Gasteiger partial charge in [-0.1, -0.05) is 54.4 Å². The van der Waals surface area contributed by atoms with Crippen molar-refractivity contribution in [2.75, 3.05) is 26.7 Å². The molecule has 0 bridgehead atoms. The molecule has 6 atom stereocenters. The van der Waals surface area contributed by atoms with Crippen LogP contribution in [-0.4, -0.2) is 48.6 Å². The van der Waals surface area contributed by atoms with Crippen LogP contribution in [0.1, 0.15) is 87.0 Å². The second kappa shape index (κ2) is 10.2. The van der Waals surface area contributed by atoms with Gasteiger partial charge in [0.25, 0.3) is 0 Å². The Labute approximate surface area is 153 Å². The third kappa shape index (κ3) is 9.42. The van der Waals surface area contributed by atoms with Gasteiger partial charge in [0, 0.05) is 25.2 Å². The first kappa shape index (κ1) is 22.0. The minimum Gasteiger partial charge on any atom is -0.301 e. The molecule has 0 spiro atoms. The molecule has 0 N–H and O–H groups in total. The first-order valence-electron chi connectivity index (χ1n) is 10.7. The molecule has 0 radical (unpaired) electrons. The Morgan fingerprint density at radius 2 is 1.46 bits per heavy atom. The Kier molecular flexibility index (Phi) is 9.30. The van der Waals surface area contributed by atoms with Crippen LogP contribution < -0.4 is 0 Å². The smallest absolute Gasteiger partial charge is 0.0218 e. The SMILES string of the molecule is CCC1(C)CC1.CCC1CC1C.CCC1CN1C.CCN1CC1C. The lowest BCUT2D eigenvalue weighted by molar-refractivity contribution is 0.550. The Hall–Kier alpha value is -0.0800. The van der Waals surface area contributed by atoms with Gasteiger partial charge in [0.1, 0.15) is 0 Å².